The summed E-state index contributed by atoms with van der Waals surface area (Å²) in [5, 5.41) is 13.3. The minimum atomic E-state index is -0.501. The molecule has 0 aliphatic rings. The first kappa shape index (κ1) is 17.0. The van der Waals surface area contributed by atoms with Gasteiger partial charge in [-0.3, -0.25) is 14.9 Å². The summed E-state index contributed by atoms with van der Waals surface area (Å²) in [5.74, 6) is 0.263. The van der Waals surface area contributed by atoms with Crippen molar-refractivity contribution < 1.29 is 14.5 Å². The monoisotopic (exact) mass is 378 g/mol. The van der Waals surface area contributed by atoms with Gasteiger partial charge >= 0.3 is 0 Å². The predicted octanol–water partition coefficient (Wildman–Crippen LogP) is 3.94. The molecule has 7 heteroatoms. The third-order valence-electron chi connectivity index (χ3n) is 3.14. The summed E-state index contributed by atoms with van der Waals surface area (Å²) < 4.78 is 5.84. The number of aryl methyl sites for hydroxylation is 1. The lowest BCUT2D eigenvalue weighted by atomic mass is 10.2. The van der Waals surface area contributed by atoms with Crippen molar-refractivity contribution in [2.75, 3.05) is 11.9 Å². The molecule has 0 spiro atoms. The zero-order valence-corrected chi connectivity index (χ0v) is 14.0. The van der Waals surface area contributed by atoms with Gasteiger partial charge in [0, 0.05) is 16.6 Å². The number of rotatable bonds is 6. The average molecular weight is 379 g/mol. The molecule has 0 heterocycles. The minimum absolute atomic E-state index is 0.0536. The molecule has 1 N–H and O–H groups in total. The van der Waals surface area contributed by atoms with E-state index in [1.54, 1.807) is 0 Å². The van der Waals surface area contributed by atoms with Gasteiger partial charge in [0.1, 0.15) is 5.75 Å². The molecular weight excluding hydrogens is 364 g/mol. The van der Waals surface area contributed by atoms with Gasteiger partial charge in [0.25, 0.3) is 11.6 Å². The van der Waals surface area contributed by atoms with E-state index >= 15 is 0 Å². The first-order valence-electron chi connectivity index (χ1n) is 6.95. The van der Waals surface area contributed by atoms with Gasteiger partial charge in [-0.25, -0.2) is 0 Å². The van der Waals surface area contributed by atoms with Gasteiger partial charge in [-0.1, -0.05) is 19.1 Å². The van der Waals surface area contributed by atoms with Gasteiger partial charge in [-0.2, -0.15) is 0 Å². The normalized spacial score (nSPS) is 10.2. The molecular formula is C16H15BrN2O4. The molecule has 2 aromatic rings. The third kappa shape index (κ3) is 4.79. The van der Waals surface area contributed by atoms with Crippen molar-refractivity contribution in [1.82, 2.24) is 0 Å². The first-order chi connectivity index (χ1) is 11.0. The summed E-state index contributed by atoms with van der Waals surface area (Å²) in [4.78, 5) is 22.1. The van der Waals surface area contributed by atoms with E-state index in [9.17, 15) is 14.9 Å². The van der Waals surface area contributed by atoms with Gasteiger partial charge in [0.05, 0.1) is 10.6 Å². The summed E-state index contributed by atoms with van der Waals surface area (Å²) in [6, 6.07) is 11.6. The van der Waals surface area contributed by atoms with Crippen molar-refractivity contribution >= 4 is 33.2 Å². The molecule has 0 atom stereocenters. The van der Waals surface area contributed by atoms with Crippen LogP contribution >= 0.6 is 15.9 Å². The molecule has 6 nitrogen and oxygen atoms in total. The molecule has 1 amide bonds. The van der Waals surface area contributed by atoms with Crippen LogP contribution in [0.2, 0.25) is 0 Å². The predicted molar refractivity (Wildman–Crippen MR) is 90.7 cm³/mol. The number of halogens is 1. The fourth-order valence-electron chi connectivity index (χ4n) is 1.88. The highest BCUT2D eigenvalue weighted by atomic mass is 79.9. The Morgan fingerprint density at radius 1 is 1.26 bits per heavy atom. The van der Waals surface area contributed by atoms with E-state index in [-0.39, 0.29) is 18.2 Å². The highest BCUT2D eigenvalue weighted by Crippen LogP contribution is 2.27. The Morgan fingerprint density at radius 3 is 2.52 bits per heavy atom. The maximum Gasteiger partial charge on any atom is 0.270 e. The lowest BCUT2D eigenvalue weighted by Crippen LogP contribution is -2.20. The molecule has 0 bridgehead atoms. The summed E-state index contributed by atoms with van der Waals surface area (Å²) in [6.07, 6.45) is 0.939. The molecule has 0 aliphatic heterocycles. The molecule has 0 aromatic heterocycles. The second-order valence-corrected chi connectivity index (χ2v) is 5.61. The number of carbonyl (C=O) groups is 1. The van der Waals surface area contributed by atoms with E-state index in [1.807, 2.05) is 24.3 Å². The second-order valence-electron chi connectivity index (χ2n) is 4.76. The lowest BCUT2D eigenvalue weighted by molar-refractivity contribution is -0.384. The fourth-order valence-corrected chi connectivity index (χ4v) is 2.34. The van der Waals surface area contributed by atoms with Crippen molar-refractivity contribution in [3.8, 4) is 5.75 Å². The molecule has 23 heavy (non-hydrogen) atoms. The zero-order chi connectivity index (χ0) is 16.8. The molecule has 2 aromatic carbocycles. The zero-order valence-electron chi connectivity index (χ0n) is 12.4. The van der Waals surface area contributed by atoms with Crippen LogP contribution in [0.3, 0.4) is 0 Å². The Morgan fingerprint density at radius 2 is 1.96 bits per heavy atom. The van der Waals surface area contributed by atoms with Crippen LogP contribution in [0.15, 0.2) is 46.9 Å². The number of nitrogens with zero attached hydrogens (tertiary/aromatic N) is 1. The first-order valence-corrected chi connectivity index (χ1v) is 7.74. The number of carbonyl (C=O) groups excluding carboxylic acids is 1. The van der Waals surface area contributed by atoms with Gasteiger partial charge in [-0.15, -0.1) is 0 Å². The number of nitrogens with one attached hydrogen (secondary N) is 1. The van der Waals surface area contributed by atoms with E-state index in [2.05, 4.69) is 28.2 Å². The number of amides is 1. The van der Waals surface area contributed by atoms with Crippen molar-refractivity contribution in [3.63, 3.8) is 0 Å². The van der Waals surface area contributed by atoms with Crippen LogP contribution in [0.5, 0.6) is 5.75 Å². The van der Waals surface area contributed by atoms with Crippen molar-refractivity contribution in [1.29, 1.82) is 0 Å². The largest absolute Gasteiger partial charge is 0.484 e. The standard InChI is InChI=1S/C16H15BrN2O4/c1-2-11-3-6-13(7-4-11)23-10-16(20)18-15-8-5-12(19(21)22)9-14(15)17/h3-9H,2,10H2,1H3,(H,18,20). The number of hydrogen-bond acceptors (Lipinski definition) is 4. The maximum absolute atomic E-state index is 11.9. The number of nitro groups is 1. The molecule has 0 aliphatic carbocycles. The van der Waals surface area contributed by atoms with Crippen LogP contribution in [0, 0.1) is 10.1 Å². The molecule has 2 rings (SSSR count). The summed E-state index contributed by atoms with van der Waals surface area (Å²) >= 11 is 3.20. The Kier molecular flexibility index (Phi) is 5.70. The van der Waals surface area contributed by atoms with Crippen LogP contribution in [0.25, 0.3) is 0 Å². The summed E-state index contributed by atoms with van der Waals surface area (Å²) in [7, 11) is 0. The van der Waals surface area contributed by atoms with Crippen LogP contribution in [-0.2, 0) is 11.2 Å². The topological polar surface area (TPSA) is 81.5 Å². The smallest absolute Gasteiger partial charge is 0.270 e. The summed E-state index contributed by atoms with van der Waals surface area (Å²) in [5.41, 5.74) is 1.59. The van der Waals surface area contributed by atoms with Crippen molar-refractivity contribution in [2.45, 2.75) is 13.3 Å². The number of ether oxygens (including phenoxy) is 1. The Hall–Kier alpha value is -2.41. The number of hydrogen-bond donors (Lipinski definition) is 1. The van der Waals surface area contributed by atoms with Crippen LogP contribution in [0.4, 0.5) is 11.4 Å². The van der Waals surface area contributed by atoms with Crippen molar-refractivity contribution in [3.05, 3.63) is 62.6 Å². The molecule has 0 saturated heterocycles. The van der Waals surface area contributed by atoms with Gasteiger partial charge in [0.15, 0.2) is 6.61 Å². The molecule has 0 saturated carbocycles. The Balaban J connectivity index is 1.92. The van der Waals surface area contributed by atoms with E-state index < -0.39 is 4.92 Å². The van der Waals surface area contributed by atoms with E-state index in [4.69, 9.17) is 4.74 Å². The van der Waals surface area contributed by atoms with Crippen LogP contribution in [0.1, 0.15) is 12.5 Å². The number of nitro benzene ring substituents is 1. The van der Waals surface area contributed by atoms with Crippen molar-refractivity contribution in [2.24, 2.45) is 0 Å². The number of anilines is 1. The minimum Gasteiger partial charge on any atom is -0.484 e. The fraction of sp³-hybridized carbons (Fsp3) is 0.188. The van der Waals surface area contributed by atoms with Gasteiger partial charge in [0.2, 0.25) is 0 Å². The molecule has 0 radical (unpaired) electrons. The number of non-ortho nitro benzene ring substituents is 1. The van der Waals surface area contributed by atoms with E-state index in [0.29, 0.717) is 15.9 Å². The SMILES string of the molecule is CCc1ccc(OCC(=O)Nc2ccc([N+](=O)[O-])cc2Br)cc1. The maximum atomic E-state index is 11.9. The Labute approximate surface area is 141 Å². The average Bonchev–Trinajstić information content (AvgIpc) is 2.55. The molecule has 0 fully saturated rings. The van der Waals surface area contributed by atoms with Crippen LogP contribution < -0.4 is 10.1 Å². The lowest BCUT2D eigenvalue weighted by Gasteiger charge is -2.09. The second kappa shape index (κ2) is 7.73. The molecule has 120 valence electrons. The molecule has 0 unspecified atom stereocenters. The van der Waals surface area contributed by atoms with E-state index in [1.165, 1.54) is 23.8 Å². The highest BCUT2D eigenvalue weighted by molar-refractivity contribution is 9.10. The third-order valence-corrected chi connectivity index (χ3v) is 3.80. The van der Waals surface area contributed by atoms with Gasteiger partial charge < -0.3 is 10.1 Å². The Bertz CT molecular complexity index is 717. The number of benzene rings is 2. The van der Waals surface area contributed by atoms with Crippen LogP contribution in [-0.4, -0.2) is 17.4 Å². The summed E-state index contributed by atoms with van der Waals surface area (Å²) in [6.45, 7) is 1.92. The van der Waals surface area contributed by atoms with E-state index in [0.717, 1.165) is 6.42 Å². The highest BCUT2D eigenvalue weighted by Gasteiger charge is 2.11. The quantitative estimate of drug-likeness (QED) is 0.609. The van der Waals surface area contributed by atoms with Gasteiger partial charge in [-0.05, 0) is 46.1 Å².